The highest BCUT2D eigenvalue weighted by Crippen LogP contribution is 2.38. The van der Waals surface area contributed by atoms with E-state index in [0.717, 1.165) is 21.6 Å². The molecule has 2 heteroatoms. The molecule has 0 amide bonds. The molecule has 1 aromatic rings. The standard InChI is InChI=1S/C11H10OS/c1-7-10(12)8-5-3-4-6-9(8)11(7)13-2/h3-6H,1-2H3. The first-order valence-corrected chi connectivity index (χ1v) is 5.37. The third kappa shape index (κ3) is 1.13. The Morgan fingerprint density at radius 2 is 1.77 bits per heavy atom. The Morgan fingerprint density at radius 3 is 2.38 bits per heavy atom. The second-order valence-corrected chi connectivity index (χ2v) is 3.85. The van der Waals surface area contributed by atoms with E-state index in [4.69, 9.17) is 0 Å². The second-order valence-electron chi connectivity index (χ2n) is 3.03. The molecule has 1 aliphatic rings. The van der Waals surface area contributed by atoms with Gasteiger partial charge in [-0.05, 0) is 18.7 Å². The lowest BCUT2D eigenvalue weighted by Gasteiger charge is -1.99. The molecule has 0 bridgehead atoms. The van der Waals surface area contributed by atoms with Crippen LogP contribution < -0.4 is 0 Å². The van der Waals surface area contributed by atoms with Gasteiger partial charge in [0.1, 0.15) is 0 Å². The van der Waals surface area contributed by atoms with Gasteiger partial charge in [-0.15, -0.1) is 11.8 Å². The molecular formula is C11H10OS. The first-order valence-electron chi connectivity index (χ1n) is 4.14. The van der Waals surface area contributed by atoms with Gasteiger partial charge in [-0.1, -0.05) is 24.3 Å². The zero-order valence-corrected chi connectivity index (χ0v) is 8.44. The average Bonchev–Trinajstić information content (AvgIpc) is 2.41. The lowest BCUT2D eigenvalue weighted by Crippen LogP contribution is -1.94. The third-order valence-corrected chi connectivity index (χ3v) is 3.24. The maximum absolute atomic E-state index is 11.7. The number of benzene rings is 1. The van der Waals surface area contributed by atoms with Crippen molar-refractivity contribution < 1.29 is 4.79 Å². The summed E-state index contributed by atoms with van der Waals surface area (Å²) in [7, 11) is 0. The van der Waals surface area contributed by atoms with E-state index in [-0.39, 0.29) is 5.78 Å². The molecule has 0 spiro atoms. The molecule has 66 valence electrons. The summed E-state index contributed by atoms with van der Waals surface area (Å²) in [5, 5.41) is 0. The molecule has 0 heterocycles. The number of fused-ring (bicyclic) bond motifs is 1. The Kier molecular flexibility index (Phi) is 2.00. The van der Waals surface area contributed by atoms with Crippen LogP contribution in [0.25, 0.3) is 4.91 Å². The molecule has 0 saturated carbocycles. The predicted molar refractivity (Wildman–Crippen MR) is 56.9 cm³/mol. The van der Waals surface area contributed by atoms with Crippen molar-refractivity contribution in [2.45, 2.75) is 6.92 Å². The van der Waals surface area contributed by atoms with E-state index in [1.165, 1.54) is 0 Å². The highest BCUT2D eigenvalue weighted by molar-refractivity contribution is 8.07. The molecule has 0 aromatic heterocycles. The van der Waals surface area contributed by atoms with Gasteiger partial charge in [0.15, 0.2) is 5.78 Å². The maximum atomic E-state index is 11.7. The molecule has 1 aromatic carbocycles. The van der Waals surface area contributed by atoms with Crippen LogP contribution in [0.1, 0.15) is 22.8 Å². The number of ketones is 1. The van der Waals surface area contributed by atoms with Crippen molar-refractivity contribution >= 4 is 22.5 Å². The molecule has 0 fully saturated rings. The molecule has 0 radical (unpaired) electrons. The molecule has 13 heavy (non-hydrogen) atoms. The summed E-state index contributed by atoms with van der Waals surface area (Å²) < 4.78 is 0. The zero-order valence-electron chi connectivity index (χ0n) is 7.63. The number of carbonyl (C=O) groups is 1. The van der Waals surface area contributed by atoms with E-state index >= 15 is 0 Å². The van der Waals surface area contributed by atoms with E-state index in [0.29, 0.717) is 0 Å². The number of thioether (sulfide) groups is 1. The van der Waals surface area contributed by atoms with Crippen molar-refractivity contribution in [3.63, 3.8) is 0 Å². The van der Waals surface area contributed by atoms with Crippen molar-refractivity contribution in [1.29, 1.82) is 0 Å². The molecule has 0 saturated heterocycles. The topological polar surface area (TPSA) is 17.1 Å². The Labute approximate surface area is 81.8 Å². The number of hydrogen-bond donors (Lipinski definition) is 0. The Morgan fingerprint density at radius 1 is 1.15 bits per heavy atom. The quantitative estimate of drug-likeness (QED) is 0.677. The fourth-order valence-electron chi connectivity index (χ4n) is 1.65. The van der Waals surface area contributed by atoms with Gasteiger partial charge in [0, 0.05) is 16.0 Å². The summed E-state index contributed by atoms with van der Waals surface area (Å²) in [5.74, 6) is 0.181. The molecule has 0 N–H and O–H groups in total. The van der Waals surface area contributed by atoms with Gasteiger partial charge in [-0.2, -0.15) is 0 Å². The highest BCUT2D eigenvalue weighted by Gasteiger charge is 2.25. The van der Waals surface area contributed by atoms with Crippen LogP contribution in [0.2, 0.25) is 0 Å². The van der Waals surface area contributed by atoms with Crippen molar-refractivity contribution in [2.75, 3.05) is 6.26 Å². The third-order valence-electron chi connectivity index (χ3n) is 2.30. The Hall–Kier alpha value is -1.02. The normalized spacial score (nSPS) is 15.1. The number of carbonyl (C=O) groups excluding carboxylic acids is 1. The van der Waals surface area contributed by atoms with Crippen LogP contribution >= 0.6 is 11.8 Å². The summed E-state index contributed by atoms with van der Waals surface area (Å²) in [6.45, 7) is 1.90. The fourth-order valence-corrected chi connectivity index (χ4v) is 2.45. The molecule has 0 unspecified atom stereocenters. The van der Waals surface area contributed by atoms with Crippen molar-refractivity contribution in [3.05, 3.63) is 41.0 Å². The van der Waals surface area contributed by atoms with E-state index in [2.05, 4.69) is 0 Å². The van der Waals surface area contributed by atoms with Gasteiger partial charge in [0.2, 0.25) is 0 Å². The van der Waals surface area contributed by atoms with Crippen LogP contribution in [0, 0.1) is 0 Å². The summed E-state index contributed by atoms with van der Waals surface area (Å²) in [5.41, 5.74) is 2.83. The van der Waals surface area contributed by atoms with E-state index in [1.54, 1.807) is 11.8 Å². The first-order chi connectivity index (χ1) is 6.25. The highest BCUT2D eigenvalue weighted by atomic mass is 32.2. The van der Waals surface area contributed by atoms with E-state index in [1.807, 2.05) is 37.4 Å². The van der Waals surface area contributed by atoms with Crippen LogP contribution in [0.15, 0.2) is 29.8 Å². The minimum absolute atomic E-state index is 0.181. The fraction of sp³-hybridized carbons (Fsp3) is 0.182. The van der Waals surface area contributed by atoms with E-state index < -0.39 is 0 Å². The zero-order chi connectivity index (χ0) is 9.42. The maximum Gasteiger partial charge on any atom is 0.190 e. The van der Waals surface area contributed by atoms with Crippen molar-refractivity contribution in [1.82, 2.24) is 0 Å². The van der Waals surface area contributed by atoms with Gasteiger partial charge in [0.05, 0.1) is 0 Å². The number of rotatable bonds is 1. The SMILES string of the molecule is CSC1=C(C)C(=O)c2ccccc21. The second kappa shape index (κ2) is 3.04. The molecular weight excluding hydrogens is 180 g/mol. The number of Topliss-reactive ketones (excluding diaryl/α,β-unsaturated/α-hetero) is 1. The van der Waals surface area contributed by atoms with Crippen molar-refractivity contribution in [3.8, 4) is 0 Å². The Bertz CT molecular complexity index is 404. The lowest BCUT2D eigenvalue weighted by atomic mass is 10.1. The first kappa shape index (κ1) is 8.57. The van der Waals surface area contributed by atoms with E-state index in [9.17, 15) is 4.79 Å². The van der Waals surface area contributed by atoms with Crippen LogP contribution in [-0.2, 0) is 0 Å². The summed E-state index contributed by atoms with van der Waals surface area (Å²) >= 11 is 1.65. The van der Waals surface area contributed by atoms with Crippen molar-refractivity contribution in [2.24, 2.45) is 0 Å². The largest absolute Gasteiger partial charge is 0.289 e. The minimum atomic E-state index is 0.181. The monoisotopic (exact) mass is 190 g/mol. The lowest BCUT2D eigenvalue weighted by molar-refractivity contribution is 0.103. The van der Waals surface area contributed by atoms with Gasteiger partial charge < -0.3 is 0 Å². The van der Waals surface area contributed by atoms with Crippen LogP contribution in [0.3, 0.4) is 0 Å². The Balaban J connectivity index is 2.67. The smallest absolute Gasteiger partial charge is 0.190 e. The van der Waals surface area contributed by atoms with Gasteiger partial charge in [0.25, 0.3) is 0 Å². The summed E-state index contributed by atoms with van der Waals surface area (Å²) in [6.07, 6.45) is 2.01. The molecule has 0 atom stereocenters. The van der Waals surface area contributed by atoms with Gasteiger partial charge >= 0.3 is 0 Å². The summed E-state index contributed by atoms with van der Waals surface area (Å²) in [4.78, 5) is 12.8. The molecule has 1 nitrogen and oxygen atoms in total. The number of allylic oxidation sites excluding steroid dienone is 1. The molecule has 0 aliphatic heterocycles. The average molecular weight is 190 g/mol. The minimum Gasteiger partial charge on any atom is -0.289 e. The van der Waals surface area contributed by atoms with Crippen LogP contribution in [0.4, 0.5) is 0 Å². The van der Waals surface area contributed by atoms with Gasteiger partial charge in [-0.25, -0.2) is 0 Å². The summed E-state index contributed by atoms with van der Waals surface area (Å²) in [6, 6.07) is 7.79. The molecule has 2 rings (SSSR count). The van der Waals surface area contributed by atoms with Crippen LogP contribution in [-0.4, -0.2) is 12.0 Å². The molecule has 1 aliphatic carbocycles. The van der Waals surface area contributed by atoms with Gasteiger partial charge in [-0.3, -0.25) is 4.79 Å². The predicted octanol–water partition coefficient (Wildman–Crippen LogP) is 2.98. The van der Waals surface area contributed by atoms with Crippen LogP contribution in [0.5, 0.6) is 0 Å². The number of hydrogen-bond acceptors (Lipinski definition) is 2.